The molecule has 0 atom stereocenters. The molecule has 1 heterocycles. The molecule has 0 unspecified atom stereocenters. The van der Waals surface area contributed by atoms with Crippen LogP contribution in [0.3, 0.4) is 0 Å². The highest BCUT2D eigenvalue weighted by Crippen LogP contribution is 2.11. The van der Waals surface area contributed by atoms with Crippen LogP contribution in [0.5, 0.6) is 0 Å². The van der Waals surface area contributed by atoms with Crippen molar-refractivity contribution < 1.29 is 4.79 Å². The number of hydrogen-bond donors (Lipinski definition) is 2. The van der Waals surface area contributed by atoms with E-state index in [9.17, 15) is 4.79 Å². The summed E-state index contributed by atoms with van der Waals surface area (Å²) < 4.78 is 0. The third kappa shape index (κ3) is 5.84. The van der Waals surface area contributed by atoms with E-state index in [0.717, 1.165) is 45.6 Å². The largest absolute Gasteiger partial charge is 0.354 e. The molecule has 0 saturated carbocycles. The van der Waals surface area contributed by atoms with Gasteiger partial charge in [-0.05, 0) is 25.0 Å². The molecule has 0 aliphatic carbocycles. The lowest BCUT2D eigenvalue weighted by atomic mass is 10.0. The fourth-order valence-electron chi connectivity index (χ4n) is 2.20. The van der Waals surface area contributed by atoms with E-state index >= 15 is 0 Å². The Labute approximate surface area is 104 Å². The Hall–Kier alpha value is -0.870. The van der Waals surface area contributed by atoms with Gasteiger partial charge in [-0.1, -0.05) is 13.5 Å². The van der Waals surface area contributed by atoms with Gasteiger partial charge in [0, 0.05) is 39.1 Å². The Kier molecular flexibility index (Phi) is 6.22. The van der Waals surface area contributed by atoms with Gasteiger partial charge in [-0.15, -0.1) is 0 Å². The van der Waals surface area contributed by atoms with E-state index in [-0.39, 0.29) is 5.91 Å². The molecule has 2 N–H and O–H groups in total. The monoisotopic (exact) mass is 239 g/mol. The van der Waals surface area contributed by atoms with Crippen molar-refractivity contribution >= 4 is 5.91 Å². The SMILES string of the molecule is C=C(CNCC)CN1CCC(NC(C)=O)CC1. The summed E-state index contributed by atoms with van der Waals surface area (Å²) in [7, 11) is 0. The summed E-state index contributed by atoms with van der Waals surface area (Å²) in [6, 6.07) is 0.366. The molecule has 0 aromatic carbocycles. The Morgan fingerprint density at radius 2 is 2.06 bits per heavy atom. The van der Waals surface area contributed by atoms with E-state index in [2.05, 4.69) is 29.0 Å². The van der Waals surface area contributed by atoms with Crippen LogP contribution in [0.1, 0.15) is 26.7 Å². The van der Waals surface area contributed by atoms with Gasteiger partial charge in [0.15, 0.2) is 0 Å². The van der Waals surface area contributed by atoms with Crippen LogP contribution in [0.15, 0.2) is 12.2 Å². The summed E-state index contributed by atoms with van der Waals surface area (Å²) in [5.41, 5.74) is 1.24. The van der Waals surface area contributed by atoms with Gasteiger partial charge < -0.3 is 10.6 Å². The summed E-state index contributed by atoms with van der Waals surface area (Å²) in [5.74, 6) is 0.0833. The average molecular weight is 239 g/mol. The fourth-order valence-corrected chi connectivity index (χ4v) is 2.20. The number of rotatable bonds is 6. The van der Waals surface area contributed by atoms with Gasteiger partial charge in [-0.2, -0.15) is 0 Å². The molecule has 1 saturated heterocycles. The Morgan fingerprint density at radius 1 is 1.41 bits per heavy atom. The van der Waals surface area contributed by atoms with Gasteiger partial charge in [-0.3, -0.25) is 9.69 Å². The molecular weight excluding hydrogens is 214 g/mol. The van der Waals surface area contributed by atoms with E-state index in [4.69, 9.17) is 0 Å². The molecule has 0 spiro atoms. The van der Waals surface area contributed by atoms with Crippen molar-refractivity contribution in [1.29, 1.82) is 0 Å². The molecule has 1 rings (SSSR count). The summed E-state index contributed by atoms with van der Waals surface area (Å²) in [6.45, 7) is 12.7. The second kappa shape index (κ2) is 7.45. The summed E-state index contributed by atoms with van der Waals surface area (Å²) in [4.78, 5) is 13.4. The first-order chi connectivity index (χ1) is 8.11. The van der Waals surface area contributed by atoms with Crippen LogP contribution in [0.4, 0.5) is 0 Å². The molecule has 0 aromatic rings. The minimum Gasteiger partial charge on any atom is -0.354 e. The van der Waals surface area contributed by atoms with Gasteiger partial charge >= 0.3 is 0 Å². The maximum Gasteiger partial charge on any atom is 0.217 e. The van der Waals surface area contributed by atoms with E-state index in [1.165, 1.54) is 5.57 Å². The van der Waals surface area contributed by atoms with Crippen LogP contribution >= 0.6 is 0 Å². The van der Waals surface area contributed by atoms with E-state index in [0.29, 0.717) is 6.04 Å². The molecule has 1 aliphatic rings. The predicted molar refractivity (Wildman–Crippen MR) is 71.0 cm³/mol. The molecule has 4 heteroatoms. The first kappa shape index (κ1) is 14.2. The number of hydrogen-bond acceptors (Lipinski definition) is 3. The maximum atomic E-state index is 10.9. The smallest absolute Gasteiger partial charge is 0.217 e. The van der Waals surface area contributed by atoms with E-state index in [1.54, 1.807) is 6.92 Å². The van der Waals surface area contributed by atoms with Gasteiger partial charge in [0.25, 0.3) is 0 Å². The van der Waals surface area contributed by atoms with Crippen molar-refractivity contribution in [2.75, 3.05) is 32.7 Å². The Bertz CT molecular complexity index is 257. The number of carbonyl (C=O) groups is 1. The highest BCUT2D eigenvalue weighted by atomic mass is 16.1. The minimum absolute atomic E-state index is 0.0833. The average Bonchev–Trinajstić information content (AvgIpc) is 2.28. The van der Waals surface area contributed by atoms with Crippen molar-refractivity contribution in [1.82, 2.24) is 15.5 Å². The molecule has 0 aromatic heterocycles. The van der Waals surface area contributed by atoms with Gasteiger partial charge in [0.2, 0.25) is 5.91 Å². The lowest BCUT2D eigenvalue weighted by Gasteiger charge is -2.32. The number of amides is 1. The van der Waals surface area contributed by atoms with Crippen LogP contribution in [-0.2, 0) is 4.79 Å². The molecule has 0 radical (unpaired) electrons. The normalized spacial score (nSPS) is 18.0. The molecule has 17 heavy (non-hydrogen) atoms. The number of piperidine rings is 1. The molecule has 4 nitrogen and oxygen atoms in total. The predicted octanol–water partition coefficient (Wildman–Crippen LogP) is 0.753. The topological polar surface area (TPSA) is 44.4 Å². The van der Waals surface area contributed by atoms with Crippen molar-refractivity contribution in [2.24, 2.45) is 0 Å². The highest BCUT2D eigenvalue weighted by molar-refractivity contribution is 5.73. The third-order valence-electron chi connectivity index (χ3n) is 3.07. The number of likely N-dealkylation sites (N-methyl/N-ethyl adjacent to an activating group) is 1. The quantitative estimate of drug-likeness (QED) is 0.672. The number of nitrogens with one attached hydrogen (secondary N) is 2. The van der Waals surface area contributed by atoms with Crippen LogP contribution < -0.4 is 10.6 Å². The van der Waals surface area contributed by atoms with E-state index < -0.39 is 0 Å². The number of carbonyl (C=O) groups excluding carboxylic acids is 1. The zero-order valence-electron chi connectivity index (χ0n) is 11.1. The van der Waals surface area contributed by atoms with Gasteiger partial charge in [0.1, 0.15) is 0 Å². The summed E-state index contributed by atoms with van der Waals surface area (Å²) in [6.07, 6.45) is 2.10. The van der Waals surface area contributed by atoms with E-state index in [1.807, 2.05) is 0 Å². The zero-order valence-corrected chi connectivity index (χ0v) is 11.1. The first-order valence-corrected chi connectivity index (χ1v) is 6.48. The molecule has 1 aliphatic heterocycles. The van der Waals surface area contributed by atoms with Crippen molar-refractivity contribution in [3.05, 3.63) is 12.2 Å². The van der Waals surface area contributed by atoms with Crippen LogP contribution in [-0.4, -0.2) is 49.6 Å². The summed E-state index contributed by atoms with van der Waals surface area (Å²) >= 11 is 0. The second-order valence-corrected chi connectivity index (χ2v) is 4.78. The van der Waals surface area contributed by atoms with Crippen LogP contribution in [0, 0.1) is 0 Å². The number of likely N-dealkylation sites (tertiary alicyclic amines) is 1. The molecule has 1 amide bonds. The van der Waals surface area contributed by atoms with Crippen molar-refractivity contribution in [3.8, 4) is 0 Å². The number of nitrogens with zero attached hydrogens (tertiary/aromatic N) is 1. The van der Waals surface area contributed by atoms with Crippen molar-refractivity contribution in [3.63, 3.8) is 0 Å². The Balaban J connectivity index is 2.18. The highest BCUT2D eigenvalue weighted by Gasteiger charge is 2.19. The summed E-state index contributed by atoms with van der Waals surface area (Å²) in [5, 5.41) is 6.28. The Morgan fingerprint density at radius 3 is 2.59 bits per heavy atom. The molecule has 98 valence electrons. The maximum absolute atomic E-state index is 10.9. The first-order valence-electron chi connectivity index (χ1n) is 6.48. The lowest BCUT2D eigenvalue weighted by Crippen LogP contribution is -2.44. The zero-order chi connectivity index (χ0) is 12.7. The van der Waals surface area contributed by atoms with Crippen molar-refractivity contribution in [2.45, 2.75) is 32.7 Å². The molecule has 1 fully saturated rings. The van der Waals surface area contributed by atoms with Gasteiger partial charge in [0.05, 0.1) is 0 Å². The molecule has 0 bridgehead atoms. The van der Waals surface area contributed by atoms with Crippen LogP contribution in [0.2, 0.25) is 0 Å². The minimum atomic E-state index is 0.0833. The lowest BCUT2D eigenvalue weighted by molar-refractivity contribution is -0.119. The van der Waals surface area contributed by atoms with Gasteiger partial charge in [-0.25, -0.2) is 0 Å². The molecular formula is C13H25N3O. The van der Waals surface area contributed by atoms with Crippen LogP contribution in [0.25, 0.3) is 0 Å². The standard InChI is InChI=1S/C13H25N3O/c1-4-14-9-11(2)10-16-7-5-13(6-8-16)15-12(3)17/h13-14H,2,4-10H2,1,3H3,(H,15,17). The third-order valence-corrected chi connectivity index (χ3v) is 3.07. The fraction of sp³-hybridized carbons (Fsp3) is 0.769. The second-order valence-electron chi connectivity index (χ2n) is 4.78.